The van der Waals surface area contributed by atoms with Crippen molar-refractivity contribution in [1.29, 1.82) is 0 Å². The summed E-state index contributed by atoms with van der Waals surface area (Å²) in [6.45, 7) is 5.05. The van der Waals surface area contributed by atoms with Crippen LogP contribution in [0.25, 0.3) is 0 Å². The molecule has 0 saturated heterocycles. The predicted molar refractivity (Wildman–Crippen MR) is 86.2 cm³/mol. The van der Waals surface area contributed by atoms with Gasteiger partial charge in [-0.2, -0.15) is 0 Å². The second-order valence-corrected chi connectivity index (χ2v) is 6.36. The predicted octanol–water partition coefficient (Wildman–Crippen LogP) is 5.30. The summed E-state index contributed by atoms with van der Waals surface area (Å²) in [5.74, 6) is 0.923. The van der Waals surface area contributed by atoms with Crippen molar-refractivity contribution < 1.29 is 4.74 Å². The summed E-state index contributed by atoms with van der Waals surface area (Å²) in [6, 6.07) is 10.3. The molecule has 1 atom stereocenters. The number of ether oxygens (including phenoxy) is 1. The van der Waals surface area contributed by atoms with Crippen molar-refractivity contribution in [2.45, 2.75) is 32.9 Å². The SMILES string of the molecule is CCC(C)Oc1cccc(NCc2cc(Br)cs2)c1. The van der Waals surface area contributed by atoms with Crippen LogP contribution in [-0.2, 0) is 6.54 Å². The average molecular weight is 340 g/mol. The van der Waals surface area contributed by atoms with Crippen LogP contribution in [0.4, 0.5) is 5.69 Å². The fraction of sp³-hybridized carbons (Fsp3) is 0.333. The summed E-state index contributed by atoms with van der Waals surface area (Å²) in [7, 11) is 0. The van der Waals surface area contributed by atoms with E-state index in [2.05, 4.69) is 58.7 Å². The maximum Gasteiger partial charge on any atom is 0.121 e. The van der Waals surface area contributed by atoms with Gasteiger partial charge in [0, 0.05) is 33.0 Å². The van der Waals surface area contributed by atoms with Gasteiger partial charge in [0.1, 0.15) is 5.75 Å². The molecule has 0 radical (unpaired) electrons. The monoisotopic (exact) mass is 339 g/mol. The normalized spacial score (nSPS) is 12.2. The number of hydrogen-bond acceptors (Lipinski definition) is 3. The minimum atomic E-state index is 0.253. The van der Waals surface area contributed by atoms with Crippen molar-refractivity contribution in [2.75, 3.05) is 5.32 Å². The molecule has 0 bridgehead atoms. The molecule has 0 saturated carbocycles. The van der Waals surface area contributed by atoms with Crippen LogP contribution in [0, 0.1) is 0 Å². The van der Waals surface area contributed by atoms with Gasteiger partial charge in [0.2, 0.25) is 0 Å². The molecule has 1 heterocycles. The van der Waals surface area contributed by atoms with Crippen LogP contribution in [-0.4, -0.2) is 6.10 Å². The lowest BCUT2D eigenvalue weighted by molar-refractivity contribution is 0.217. The second kappa shape index (κ2) is 6.96. The number of thiophene rings is 1. The maximum atomic E-state index is 5.82. The minimum Gasteiger partial charge on any atom is -0.491 e. The minimum absolute atomic E-state index is 0.253. The molecule has 2 rings (SSSR count). The molecule has 1 N–H and O–H groups in total. The van der Waals surface area contributed by atoms with E-state index in [-0.39, 0.29) is 6.10 Å². The fourth-order valence-corrected chi connectivity index (χ4v) is 3.02. The molecule has 0 aliphatic carbocycles. The Hall–Kier alpha value is -1.000. The molecule has 1 unspecified atom stereocenters. The van der Waals surface area contributed by atoms with Crippen molar-refractivity contribution in [3.8, 4) is 5.75 Å². The lowest BCUT2D eigenvalue weighted by atomic mass is 10.2. The Kier molecular flexibility index (Phi) is 5.28. The highest BCUT2D eigenvalue weighted by Crippen LogP contribution is 2.23. The molecule has 0 amide bonds. The van der Waals surface area contributed by atoms with E-state index in [9.17, 15) is 0 Å². The van der Waals surface area contributed by atoms with Gasteiger partial charge in [0.25, 0.3) is 0 Å². The highest BCUT2D eigenvalue weighted by molar-refractivity contribution is 9.10. The molecule has 2 nitrogen and oxygen atoms in total. The van der Waals surface area contributed by atoms with Crippen LogP contribution >= 0.6 is 27.3 Å². The van der Waals surface area contributed by atoms with Crippen molar-refractivity contribution in [3.63, 3.8) is 0 Å². The van der Waals surface area contributed by atoms with E-state index in [1.165, 1.54) is 4.88 Å². The lowest BCUT2D eigenvalue weighted by Gasteiger charge is -2.13. The molecular weight excluding hydrogens is 322 g/mol. The van der Waals surface area contributed by atoms with E-state index in [0.29, 0.717) is 0 Å². The zero-order valence-electron chi connectivity index (χ0n) is 11.2. The third-order valence-corrected chi connectivity index (χ3v) is 4.53. The number of halogens is 1. The molecule has 1 aromatic carbocycles. The van der Waals surface area contributed by atoms with Gasteiger partial charge in [-0.1, -0.05) is 13.0 Å². The number of benzene rings is 1. The molecule has 0 aliphatic rings. The Morgan fingerprint density at radius 2 is 2.21 bits per heavy atom. The first kappa shape index (κ1) is 14.4. The Balaban J connectivity index is 1.95. The van der Waals surface area contributed by atoms with Crippen LogP contribution in [0.5, 0.6) is 5.75 Å². The Labute approximate surface area is 126 Å². The van der Waals surface area contributed by atoms with Gasteiger partial charge in [-0.25, -0.2) is 0 Å². The Morgan fingerprint density at radius 1 is 1.37 bits per heavy atom. The summed E-state index contributed by atoms with van der Waals surface area (Å²) < 4.78 is 6.96. The maximum absolute atomic E-state index is 5.82. The Bertz CT molecular complexity index is 526. The molecule has 102 valence electrons. The van der Waals surface area contributed by atoms with Gasteiger partial charge < -0.3 is 10.1 Å². The van der Waals surface area contributed by atoms with Crippen LogP contribution in [0.2, 0.25) is 0 Å². The van der Waals surface area contributed by atoms with Gasteiger partial charge >= 0.3 is 0 Å². The summed E-state index contributed by atoms with van der Waals surface area (Å²) in [5.41, 5.74) is 1.09. The van der Waals surface area contributed by atoms with Gasteiger partial charge in [0.15, 0.2) is 0 Å². The zero-order chi connectivity index (χ0) is 13.7. The van der Waals surface area contributed by atoms with Gasteiger partial charge in [-0.3, -0.25) is 0 Å². The van der Waals surface area contributed by atoms with Crippen molar-refractivity contribution in [1.82, 2.24) is 0 Å². The molecule has 0 aliphatic heterocycles. The fourth-order valence-electron chi connectivity index (χ4n) is 1.63. The zero-order valence-corrected chi connectivity index (χ0v) is 13.6. The largest absolute Gasteiger partial charge is 0.491 e. The third-order valence-electron chi connectivity index (χ3n) is 2.83. The number of hydrogen-bond donors (Lipinski definition) is 1. The smallest absolute Gasteiger partial charge is 0.121 e. The summed E-state index contributed by atoms with van der Waals surface area (Å²) in [4.78, 5) is 1.31. The van der Waals surface area contributed by atoms with Gasteiger partial charge in [-0.05, 0) is 47.5 Å². The third kappa shape index (κ3) is 4.55. The molecule has 0 fully saturated rings. The van der Waals surface area contributed by atoms with Gasteiger partial charge in [0.05, 0.1) is 6.10 Å². The van der Waals surface area contributed by atoms with Crippen LogP contribution < -0.4 is 10.1 Å². The first-order valence-corrected chi connectivity index (χ1v) is 8.08. The summed E-state index contributed by atoms with van der Waals surface area (Å²) in [6.07, 6.45) is 1.27. The summed E-state index contributed by atoms with van der Waals surface area (Å²) >= 11 is 5.21. The molecular formula is C15H18BrNOS. The molecule has 1 aromatic heterocycles. The topological polar surface area (TPSA) is 21.3 Å². The number of anilines is 1. The van der Waals surface area contributed by atoms with E-state index in [1.54, 1.807) is 11.3 Å². The second-order valence-electron chi connectivity index (χ2n) is 4.45. The number of rotatable bonds is 6. The quantitative estimate of drug-likeness (QED) is 0.770. The van der Waals surface area contributed by atoms with Crippen LogP contribution in [0.1, 0.15) is 25.1 Å². The standard InChI is InChI=1S/C15H18BrNOS/c1-3-11(2)18-14-6-4-5-13(8-14)17-9-15-7-12(16)10-19-15/h4-8,10-11,17H,3,9H2,1-2H3. The highest BCUT2D eigenvalue weighted by atomic mass is 79.9. The van der Waals surface area contributed by atoms with Crippen molar-refractivity contribution in [3.05, 3.63) is 45.1 Å². The van der Waals surface area contributed by atoms with Crippen LogP contribution in [0.3, 0.4) is 0 Å². The first-order valence-electron chi connectivity index (χ1n) is 6.41. The number of nitrogens with one attached hydrogen (secondary N) is 1. The van der Waals surface area contributed by atoms with E-state index >= 15 is 0 Å². The van der Waals surface area contributed by atoms with E-state index in [4.69, 9.17) is 4.74 Å². The van der Waals surface area contributed by atoms with Gasteiger partial charge in [-0.15, -0.1) is 11.3 Å². The molecule has 4 heteroatoms. The molecule has 2 aromatic rings. The average Bonchev–Trinajstić information content (AvgIpc) is 2.82. The lowest BCUT2D eigenvalue weighted by Crippen LogP contribution is -2.09. The Morgan fingerprint density at radius 3 is 2.89 bits per heavy atom. The van der Waals surface area contributed by atoms with Crippen LogP contribution in [0.15, 0.2) is 40.2 Å². The molecule has 19 heavy (non-hydrogen) atoms. The van der Waals surface area contributed by atoms with Crippen molar-refractivity contribution >= 4 is 33.0 Å². The highest BCUT2D eigenvalue weighted by Gasteiger charge is 2.02. The van der Waals surface area contributed by atoms with E-state index in [0.717, 1.165) is 28.9 Å². The summed E-state index contributed by atoms with van der Waals surface area (Å²) in [5, 5.41) is 5.51. The van der Waals surface area contributed by atoms with E-state index < -0.39 is 0 Å². The van der Waals surface area contributed by atoms with Crippen molar-refractivity contribution in [2.24, 2.45) is 0 Å². The first-order chi connectivity index (χ1) is 9.17. The molecule has 0 spiro atoms. The van der Waals surface area contributed by atoms with E-state index in [1.807, 2.05) is 12.1 Å².